The van der Waals surface area contributed by atoms with Crippen LogP contribution in [0.4, 0.5) is 0 Å². The van der Waals surface area contributed by atoms with Crippen LogP contribution in [0.1, 0.15) is 106 Å². The van der Waals surface area contributed by atoms with E-state index in [1.54, 1.807) is 0 Å². The molecule has 0 unspecified atom stereocenters. The van der Waals surface area contributed by atoms with Gasteiger partial charge >= 0.3 is 27.7 Å². The van der Waals surface area contributed by atoms with Crippen molar-refractivity contribution < 1.29 is 47.5 Å². The van der Waals surface area contributed by atoms with Crippen molar-refractivity contribution in [2.24, 2.45) is 10.8 Å². The minimum Gasteiger partial charge on any atom is -0.550 e. The topological polar surface area (TPSA) is 80.3 Å². The number of carbonyl (C=O) groups excluding carboxylic acids is 2. The van der Waals surface area contributed by atoms with Gasteiger partial charge in [0.1, 0.15) is 0 Å². The van der Waals surface area contributed by atoms with Crippen molar-refractivity contribution in [1.29, 1.82) is 0 Å². The molecule has 144 valence electrons. The quantitative estimate of drug-likeness (QED) is 0.313. The first kappa shape index (κ1) is 29.6. The molecule has 0 aliphatic rings. The van der Waals surface area contributed by atoms with Crippen LogP contribution in [-0.4, -0.2) is 11.9 Å². The number of aliphatic carboxylic acids is 2. The summed E-state index contributed by atoms with van der Waals surface area (Å²) in [6, 6.07) is 0. The second-order valence-electron chi connectivity index (χ2n) is 8.99. The van der Waals surface area contributed by atoms with E-state index < -0.39 is 11.9 Å². The van der Waals surface area contributed by atoms with Crippen LogP contribution < -0.4 is 10.2 Å². The molecule has 0 aliphatic carbocycles. The first-order valence-corrected chi connectivity index (χ1v) is 9.23. The predicted octanol–water partition coefficient (Wildman–Crippen LogP) is 3.46. The van der Waals surface area contributed by atoms with Crippen LogP contribution in [0.25, 0.3) is 0 Å². The van der Waals surface area contributed by atoms with E-state index in [2.05, 4.69) is 41.5 Å². The first-order chi connectivity index (χ1) is 10.8. The molecule has 0 amide bonds. The average Bonchev–Trinajstić information content (AvgIpc) is 2.35. The average molecular weight is 543 g/mol. The van der Waals surface area contributed by atoms with E-state index in [1.807, 2.05) is 0 Å². The van der Waals surface area contributed by atoms with Gasteiger partial charge in [-0.2, -0.15) is 0 Å². The van der Waals surface area contributed by atoms with Gasteiger partial charge in [-0.05, 0) is 49.4 Å². The molecular weight excluding hydrogens is 505 g/mol. The van der Waals surface area contributed by atoms with E-state index in [4.69, 9.17) is 0 Å². The molecule has 5 heteroatoms. The van der Waals surface area contributed by atoms with Gasteiger partial charge in [-0.1, -0.05) is 67.2 Å². The Morgan fingerprint density at radius 3 is 1.08 bits per heavy atom. The molecule has 0 spiro atoms. The molecule has 0 aliphatic heterocycles. The minimum atomic E-state index is -0.925. The number of hydrogen-bond acceptors (Lipinski definition) is 4. The summed E-state index contributed by atoms with van der Waals surface area (Å²) in [7, 11) is 0. The second kappa shape index (κ2) is 16.1. The number of carbonyl (C=O) groups is 2. The molecule has 0 rings (SSSR count). The Morgan fingerprint density at radius 2 is 0.880 bits per heavy atom. The molecule has 0 saturated heterocycles. The summed E-state index contributed by atoms with van der Waals surface area (Å²) in [6.07, 6.45) is 8.54. The number of carboxylic acid groups (broad SMARTS) is 2. The molecule has 0 aromatic rings. The van der Waals surface area contributed by atoms with Gasteiger partial charge in [0.05, 0.1) is 0 Å². The molecular formula is C20H38HgO4. The largest absolute Gasteiger partial charge is 2.00 e. The Hall–Kier alpha value is -0.125. The number of hydrogen-bond donors (Lipinski definition) is 0. The van der Waals surface area contributed by atoms with Crippen LogP contribution in [-0.2, 0) is 37.3 Å². The van der Waals surface area contributed by atoms with E-state index in [0.717, 1.165) is 38.5 Å². The normalized spacial score (nSPS) is 11.1. The molecule has 0 radical (unpaired) electrons. The molecule has 0 atom stereocenters. The summed E-state index contributed by atoms with van der Waals surface area (Å²) in [6.45, 7) is 13.2. The summed E-state index contributed by atoms with van der Waals surface area (Å²) < 4.78 is 0. The maximum atomic E-state index is 10.0. The fourth-order valence-electron chi connectivity index (χ4n) is 2.20. The van der Waals surface area contributed by atoms with Crippen molar-refractivity contribution in [2.75, 3.05) is 0 Å². The van der Waals surface area contributed by atoms with E-state index in [0.29, 0.717) is 10.8 Å². The van der Waals surface area contributed by atoms with E-state index in [1.165, 1.54) is 12.8 Å². The van der Waals surface area contributed by atoms with E-state index in [9.17, 15) is 19.8 Å². The Labute approximate surface area is 175 Å². The molecule has 0 heterocycles. The van der Waals surface area contributed by atoms with E-state index >= 15 is 0 Å². The molecule has 4 nitrogen and oxygen atoms in total. The summed E-state index contributed by atoms with van der Waals surface area (Å²) in [4.78, 5) is 20.1. The van der Waals surface area contributed by atoms with Gasteiger partial charge in [-0.3, -0.25) is 0 Å². The Balaban J connectivity index is -0.000000372. The van der Waals surface area contributed by atoms with Crippen molar-refractivity contribution in [2.45, 2.75) is 106 Å². The molecule has 0 aromatic carbocycles. The number of rotatable bonds is 10. The third-order valence-electron chi connectivity index (χ3n) is 3.62. The summed E-state index contributed by atoms with van der Waals surface area (Å²) >= 11 is 0. The van der Waals surface area contributed by atoms with Crippen molar-refractivity contribution in [3.05, 3.63) is 0 Å². The third kappa shape index (κ3) is 35.8. The van der Waals surface area contributed by atoms with Crippen LogP contribution in [0.5, 0.6) is 0 Å². The SMILES string of the molecule is CC(C)(C)CCCCCC(=O)[O-].CC(C)(C)CCCCCC(=O)[O-].[Hg+2]. The van der Waals surface area contributed by atoms with Gasteiger partial charge in [0.15, 0.2) is 0 Å². The van der Waals surface area contributed by atoms with Crippen LogP contribution in [0.15, 0.2) is 0 Å². The summed E-state index contributed by atoms with van der Waals surface area (Å²) in [5.74, 6) is -1.85. The Bertz CT molecular complexity index is 307. The Morgan fingerprint density at radius 1 is 0.600 bits per heavy atom. The maximum absolute atomic E-state index is 10.0. The molecule has 0 N–H and O–H groups in total. The summed E-state index contributed by atoms with van der Waals surface area (Å²) in [5, 5.41) is 20.1. The summed E-state index contributed by atoms with van der Waals surface area (Å²) in [5.41, 5.74) is 0.753. The zero-order valence-electron chi connectivity index (χ0n) is 17.4. The van der Waals surface area contributed by atoms with Gasteiger partial charge < -0.3 is 19.8 Å². The van der Waals surface area contributed by atoms with E-state index in [-0.39, 0.29) is 40.5 Å². The van der Waals surface area contributed by atoms with Gasteiger partial charge in [-0.15, -0.1) is 0 Å². The van der Waals surface area contributed by atoms with Crippen LogP contribution in [0.2, 0.25) is 0 Å². The van der Waals surface area contributed by atoms with Crippen LogP contribution >= 0.6 is 0 Å². The zero-order valence-corrected chi connectivity index (χ0v) is 22.9. The minimum absolute atomic E-state index is 0. The third-order valence-corrected chi connectivity index (χ3v) is 3.62. The Kier molecular flexibility index (Phi) is 19.1. The van der Waals surface area contributed by atoms with Crippen molar-refractivity contribution in [3.63, 3.8) is 0 Å². The molecule has 0 saturated carbocycles. The smallest absolute Gasteiger partial charge is 0.550 e. The van der Waals surface area contributed by atoms with Crippen LogP contribution in [0.3, 0.4) is 0 Å². The predicted molar refractivity (Wildman–Crippen MR) is 95.1 cm³/mol. The van der Waals surface area contributed by atoms with Crippen molar-refractivity contribution in [3.8, 4) is 0 Å². The number of carboxylic acids is 2. The second-order valence-corrected chi connectivity index (χ2v) is 8.99. The number of unbranched alkanes of at least 4 members (excludes halogenated alkanes) is 4. The van der Waals surface area contributed by atoms with Gasteiger partial charge in [0, 0.05) is 11.9 Å². The van der Waals surface area contributed by atoms with Gasteiger partial charge in [-0.25, -0.2) is 0 Å². The monoisotopic (exact) mass is 544 g/mol. The van der Waals surface area contributed by atoms with Crippen molar-refractivity contribution >= 4 is 11.9 Å². The first-order valence-electron chi connectivity index (χ1n) is 9.23. The van der Waals surface area contributed by atoms with Crippen molar-refractivity contribution in [1.82, 2.24) is 0 Å². The molecule has 0 fully saturated rings. The van der Waals surface area contributed by atoms with Gasteiger partial charge in [0.25, 0.3) is 0 Å². The van der Waals surface area contributed by atoms with Crippen LogP contribution in [0, 0.1) is 10.8 Å². The maximum Gasteiger partial charge on any atom is 2.00 e. The molecule has 0 bridgehead atoms. The fourth-order valence-corrected chi connectivity index (χ4v) is 2.20. The zero-order chi connectivity index (χ0) is 19.2. The fraction of sp³-hybridized carbons (Fsp3) is 0.900. The molecule has 0 aromatic heterocycles. The standard InChI is InChI=1S/2C10H20O2.Hg/c2*1-10(2,3)8-6-4-5-7-9(11)12;/h2*4-8H2,1-3H3,(H,11,12);/q;;+2/p-2. The molecule has 25 heavy (non-hydrogen) atoms. The van der Waals surface area contributed by atoms with Gasteiger partial charge in [0.2, 0.25) is 0 Å².